The molecule has 32 heavy (non-hydrogen) atoms. The number of hydrogen-bond donors (Lipinski definition) is 1. The molecule has 2 heterocycles. The van der Waals surface area contributed by atoms with Gasteiger partial charge in [-0.3, -0.25) is 4.79 Å². The summed E-state index contributed by atoms with van der Waals surface area (Å²) in [6, 6.07) is 11.3. The van der Waals surface area contributed by atoms with Crippen molar-refractivity contribution in [3.63, 3.8) is 0 Å². The molecule has 1 N–H and O–H groups in total. The summed E-state index contributed by atoms with van der Waals surface area (Å²) >= 11 is 6.10. The molecule has 0 bridgehead atoms. The molecular weight excluding hydrogens is 445 g/mol. The van der Waals surface area contributed by atoms with Crippen molar-refractivity contribution in [1.82, 2.24) is 9.97 Å². The van der Waals surface area contributed by atoms with E-state index in [-0.39, 0.29) is 23.8 Å². The highest BCUT2D eigenvalue weighted by Crippen LogP contribution is 2.37. The van der Waals surface area contributed by atoms with Gasteiger partial charge in [0.2, 0.25) is 5.91 Å². The third kappa shape index (κ3) is 4.57. The molecule has 6 nitrogen and oxygen atoms in total. The van der Waals surface area contributed by atoms with Crippen LogP contribution in [0.5, 0.6) is 5.75 Å². The highest BCUT2D eigenvalue weighted by molar-refractivity contribution is 6.32. The second-order valence-corrected chi connectivity index (χ2v) is 7.91. The lowest BCUT2D eigenvalue weighted by atomic mass is 9.96. The largest absolute Gasteiger partial charge is 0.495 e. The summed E-state index contributed by atoms with van der Waals surface area (Å²) in [5, 5.41) is 3.13. The molecule has 1 aromatic heterocycles. The summed E-state index contributed by atoms with van der Waals surface area (Å²) in [5.41, 5.74) is -0.0141. The monoisotopic (exact) mass is 464 g/mol. The second-order valence-electron chi connectivity index (χ2n) is 7.51. The van der Waals surface area contributed by atoms with Crippen LogP contribution >= 0.6 is 11.6 Å². The number of nitrogens with zero attached hydrogens (tertiary/aromatic N) is 3. The Morgan fingerprint density at radius 2 is 1.91 bits per heavy atom. The molecule has 3 aromatic rings. The van der Waals surface area contributed by atoms with Crippen molar-refractivity contribution in [2.45, 2.75) is 19.0 Å². The van der Waals surface area contributed by atoms with Gasteiger partial charge >= 0.3 is 6.18 Å². The zero-order valence-electron chi connectivity index (χ0n) is 17.1. The van der Waals surface area contributed by atoms with Gasteiger partial charge in [0, 0.05) is 18.8 Å². The van der Waals surface area contributed by atoms with Crippen LogP contribution in [0.25, 0.3) is 11.0 Å². The molecule has 0 aliphatic carbocycles. The fraction of sp³-hybridized carbons (Fsp3) is 0.318. The van der Waals surface area contributed by atoms with Crippen LogP contribution in [0, 0.1) is 5.92 Å². The van der Waals surface area contributed by atoms with Crippen LogP contribution < -0.4 is 15.0 Å². The van der Waals surface area contributed by atoms with Crippen molar-refractivity contribution in [2.24, 2.45) is 5.92 Å². The predicted molar refractivity (Wildman–Crippen MR) is 116 cm³/mol. The minimum absolute atomic E-state index is 0.103. The van der Waals surface area contributed by atoms with E-state index in [0.717, 1.165) is 0 Å². The van der Waals surface area contributed by atoms with Gasteiger partial charge in [-0.1, -0.05) is 23.7 Å². The number of benzene rings is 2. The molecule has 10 heteroatoms. The average molecular weight is 465 g/mol. The van der Waals surface area contributed by atoms with Crippen LogP contribution in [0.2, 0.25) is 5.02 Å². The number of piperidine rings is 1. The van der Waals surface area contributed by atoms with E-state index in [0.29, 0.717) is 41.4 Å². The number of nitrogens with one attached hydrogen (secondary N) is 1. The first-order valence-corrected chi connectivity index (χ1v) is 10.4. The molecule has 1 fully saturated rings. The first-order chi connectivity index (χ1) is 15.3. The maximum absolute atomic E-state index is 13.7. The van der Waals surface area contributed by atoms with Gasteiger partial charge in [0.25, 0.3) is 0 Å². The minimum atomic E-state index is -4.67. The van der Waals surface area contributed by atoms with E-state index >= 15 is 0 Å². The molecule has 0 radical (unpaired) electrons. The number of para-hydroxylation sites is 2. The minimum Gasteiger partial charge on any atom is -0.495 e. The molecule has 0 spiro atoms. The van der Waals surface area contributed by atoms with Gasteiger partial charge in [0.15, 0.2) is 11.5 Å². The molecule has 1 aliphatic heterocycles. The molecule has 1 aliphatic rings. The van der Waals surface area contributed by atoms with E-state index < -0.39 is 17.8 Å². The lowest BCUT2D eigenvalue weighted by molar-refractivity contribution is -0.140. The number of carbonyl (C=O) groups is 1. The first kappa shape index (κ1) is 22.1. The average Bonchev–Trinajstić information content (AvgIpc) is 2.78. The molecule has 168 valence electrons. The summed E-state index contributed by atoms with van der Waals surface area (Å²) in [4.78, 5) is 22.4. The smallest absolute Gasteiger partial charge is 0.437 e. The Kier molecular flexibility index (Phi) is 6.10. The van der Waals surface area contributed by atoms with Crippen molar-refractivity contribution in [3.05, 3.63) is 53.2 Å². The van der Waals surface area contributed by atoms with Gasteiger partial charge in [0.1, 0.15) is 5.75 Å². The van der Waals surface area contributed by atoms with Crippen molar-refractivity contribution in [2.75, 3.05) is 30.4 Å². The van der Waals surface area contributed by atoms with Crippen LogP contribution in [0.15, 0.2) is 42.5 Å². The lowest BCUT2D eigenvalue weighted by Crippen LogP contribution is -2.42. The summed E-state index contributed by atoms with van der Waals surface area (Å²) in [5.74, 6) is -0.582. The zero-order chi connectivity index (χ0) is 22.9. The summed E-state index contributed by atoms with van der Waals surface area (Å²) in [7, 11) is 1.49. The number of ether oxygens (including phenoxy) is 1. The summed E-state index contributed by atoms with van der Waals surface area (Å²) < 4.78 is 46.3. The lowest BCUT2D eigenvalue weighted by Gasteiger charge is -2.34. The maximum atomic E-state index is 13.7. The number of rotatable bonds is 4. The SMILES string of the molecule is COc1ccc(NC(=O)C2CCCN(c3nc4ccccc4nc3C(F)(F)F)C2)cc1Cl. The molecular formula is C22H20ClF3N4O2. The second kappa shape index (κ2) is 8.82. The van der Waals surface area contributed by atoms with E-state index in [9.17, 15) is 18.0 Å². The number of carbonyl (C=O) groups excluding carboxylic acids is 1. The van der Waals surface area contributed by atoms with E-state index in [4.69, 9.17) is 16.3 Å². The Bertz CT molecular complexity index is 1160. The molecule has 2 aromatic carbocycles. The predicted octanol–water partition coefficient (Wildman–Crippen LogP) is 5.17. The van der Waals surface area contributed by atoms with Crippen LogP contribution in [-0.2, 0) is 11.0 Å². The van der Waals surface area contributed by atoms with Crippen LogP contribution in [0.1, 0.15) is 18.5 Å². The third-order valence-electron chi connectivity index (χ3n) is 5.33. The van der Waals surface area contributed by atoms with Crippen molar-refractivity contribution in [1.29, 1.82) is 0 Å². The molecule has 1 saturated heterocycles. The molecule has 1 unspecified atom stereocenters. The number of alkyl halides is 3. The molecule has 1 amide bonds. The standard InChI is InChI=1S/C22H20ClF3N4O2/c1-32-18-9-8-14(11-15(18)23)27-21(31)13-5-4-10-30(12-13)20-19(22(24,25)26)28-16-6-2-3-7-17(16)29-20/h2-3,6-9,11,13H,4-5,10,12H2,1H3,(H,27,31). The summed E-state index contributed by atoms with van der Waals surface area (Å²) in [6.45, 7) is 0.458. The van der Waals surface area contributed by atoms with Crippen molar-refractivity contribution < 1.29 is 22.7 Å². The quantitative estimate of drug-likeness (QED) is 0.577. The van der Waals surface area contributed by atoms with E-state index in [1.807, 2.05) is 0 Å². The fourth-order valence-corrected chi connectivity index (χ4v) is 4.03. The fourth-order valence-electron chi connectivity index (χ4n) is 3.77. The Balaban J connectivity index is 1.58. The van der Waals surface area contributed by atoms with Gasteiger partial charge in [-0.15, -0.1) is 0 Å². The number of halogens is 4. The Morgan fingerprint density at radius 1 is 1.19 bits per heavy atom. The van der Waals surface area contributed by atoms with E-state index in [2.05, 4.69) is 15.3 Å². The number of fused-ring (bicyclic) bond motifs is 1. The number of anilines is 2. The van der Waals surface area contributed by atoms with Gasteiger partial charge in [0.05, 0.1) is 29.1 Å². The van der Waals surface area contributed by atoms with Crippen LogP contribution in [0.3, 0.4) is 0 Å². The Hall–Kier alpha value is -3.07. The number of amides is 1. The third-order valence-corrected chi connectivity index (χ3v) is 5.63. The Labute approximate surface area is 187 Å². The van der Waals surface area contributed by atoms with E-state index in [1.165, 1.54) is 18.1 Å². The Morgan fingerprint density at radius 3 is 2.56 bits per heavy atom. The van der Waals surface area contributed by atoms with E-state index in [1.54, 1.807) is 36.4 Å². The highest BCUT2D eigenvalue weighted by atomic mass is 35.5. The number of aromatic nitrogens is 2. The normalized spacial score (nSPS) is 16.8. The van der Waals surface area contributed by atoms with Crippen LogP contribution in [0.4, 0.5) is 24.7 Å². The van der Waals surface area contributed by atoms with Gasteiger partial charge < -0.3 is 15.0 Å². The van der Waals surface area contributed by atoms with Gasteiger partial charge in [-0.25, -0.2) is 9.97 Å². The van der Waals surface area contributed by atoms with Gasteiger partial charge in [-0.05, 0) is 43.2 Å². The summed E-state index contributed by atoms with van der Waals surface area (Å²) in [6.07, 6.45) is -3.57. The van der Waals surface area contributed by atoms with Crippen molar-refractivity contribution in [3.8, 4) is 5.75 Å². The van der Waals surface area contributed by atoms with Crippen LogP contribution in [-0.4, -0.2) is 36.1 Å². The molecule has 0 saturated carbocycles. The maximum Gasteiger partial charge on any atom is 0.437 e. The van der Waals surface area contributed by atoms with Gasteiger partial charge in [-0.2, -0.15) is 13.2 Å². The number of hydrogen-bond acceptors (Lipinski definition) is 5. The zero-order valence-corrected chi connectivity index (χ0v) is 17.9. The molecule has 4 rings (SSSR count). The molecule has 1 atom stereocenters. The van der Waals surface area contributed by atoms with Crippen molar-refractivity contribution >= 4 is 40.0 Å². The number of methoxy groups -OCH3 is 1. The topological polar surface area (TPSA) is 67.3 Å². The highest BCUT2D eigenvalue weighted by Gasteiger charge is 2.40. The first-order valence-electron chi connectivity index (χ1n) is 9.99.